The fourth-order valence-corrected chi connectivity index (χ4v) is 2.73. The van der Waals surface area contributed by atoms with Gasteiger partial charge in [-0.15, -0.1) is 0 Å². The predicted octanol–water partition coefficient (Wildman–Crippen LogP) is 1.86. The molecule has 2 atom stereocenters. The summed E-state index contributed by atoms with van der Waals surface area (Å²) in [6, 6.07) is 0. The molecule has 1 fully saturated rings. The molecule has 1 amide bonds. The van der Waals surface area contributed by atoms with Crippen molar-refractivity contribution in [1.29, 1.82) is 0 Å². The summed E-state index contributed by atoms with van der Waals surface area (Å²) in [6.45, 7) is 5.29. The van der Waals surface area contributed by atoms with E-state index in [9.17, 15) is 9.59 Å². The Labute approximate surface area is 93.4 Å². The maximum Gasteiger partial charge on any atom is 0.223 e. The van der Waals surface area contributed by atoms with E-state index in [-0.39, 0.29) is 11.4 Å². The zero-order chi connectivity index (χ0) is 11.3. The molecular weight excluding hydrogens is 209 g/mol. The van der Waals surface area contributed by atoms with Crippen molar-refractivity contribution in [1.82, 2.24) is 4.90 Å². The highest BCUT2D eigenvalue weighted by molar-refractivity contribution is 7.57. The van der Waals surface area contributed by atoms with E-state index >= 15 is 0 Å². The van der Waals surface area contributed by atoms with Crippen LogP contribution in [0.3, 0.4) is 0 Å². The lowest BCUT2D eigenvalue weighted by Gasteiger charge is -2.15. The molecule has 0 bridgehead atoms. The number of hydrogen-bond acceptors (Lipinski definition) is 2. The van der Waals surface area contributed by atoms with Crippen LogP contribution in [0.1, 0.15) is 33.1 Å². The molecule has 1 heterocycles. The van der Waals surface area contributed by atoms with Crippen molar-refractivity contribution >= 4 is 20.0 Å². The number of hydrogen-bond donors (Lipinski definition) is 0. The van der Waals surface area contributed by atoms with Crippen molar-refractivity contribution in [2.75, 3.05) is 19.3 Å². The standard InChI is InChI=1S/C11H20NO2P/c1-3-5-9-6-10(13)12(7-9)8-11(14)15-4-2/h9,15H,3-8H2,1-2H3. The minimum absolute atomic E-state index is 0.169. The van der Waals surface area contributed by atoms with Crippen LogP contribution < -0.4 is 0 Å². The van der Waals surface area contributed by atoms with Crippen LogP contribution in [0.15, 0.2) is 0 Å². The van der Waals surface area contributed by atoms with E-state index in [1.165, 1.54) is 0 Å². The molecule has 0 aliphatic carbocycles. The van der Waals surface area contributed by atoms with Crippen molar-refractivity contribution < 1.29 is 9.59 Å². The van der Waals surface area contributed by atoms with E-state index in [4.69, 9.17) is 0 Å². The molecule has 0 aromatic rings. The summed E-state index contributed by atoms with van der Waals surface area (Å²) >= 11 is 0. The highest BCUT2D eigenvalue weighted by atomic mass is 31.1. The predicted molar refractivity (Wildman–Crippen MR) is 63.5 cm³/mol. The molecule has 0 aromatic carbocycles. The molecular formula is C11H20NO2P. The molecule has 1 aliphatic rings. The Hall–Kier alpha value is -0.430. The molecule has 3 nitrogen and oxygen atoms in total. The van der Waals surface area contributed by atoms with Crippen molar-refractivity contribution in [3.05, 3.63) is 0 Å². The zero-order valence-electron chi connectivity index (χ0n) is 9.58. The molecule has 0 saturated carbocycles. The van der Waals surface area contributed by atoms with Gasteiger partial charge in [-0.3, -0.25) is 9.59 Å². The van der Waals surface area contributed by atoms with E-state index < -0.39 is 0 Å². The highest BCUT2D eigenvalue weighted by Gasteiger charge is 2.29. The van der Waals surface area contributed by atoms with Gasteiger partial charge in [0.1, 0.15) is 0 Å². The van der Waals surface area contributed by atoms with Crippen molar-refractivity contribution in [2.45, 2.75) is 33.1 Å². The maximum absolute atomic E-state index is 11.6. The van der Waals surface area contributed by atoms with Gasteiger partial charge in [-0.1, -0.05) is 20.3 Å². The molecule has 1 saturated heterocycles. The van der Waals surface area contributed by atoms with Crippen LogP contribution in [0.4, 0.5) is 0 Å². The Balaban J connectivity index is 2.37. The average molecular weight is 229 g/mol. The fraction of sp³-hybridized carbons (Fsp3) is 0.818. The second-order valence-electron chi connectivity index (χ2n) is 4.09. The lowest BCUT2D eigenvalue weighted by atomic mass is 10.0. The van der Waals surface area contributed by atoms with Gasteiger partial charge in [-0.05, 0) is 27.1 Å². The average Bonchev–Trinajstić information content (AvgIpc) is 2.48. The van der Waals surface area contributed by atoms with Crippen LogP contribution >= 0.6 is 8.58 Å². The van der Waals surface area contributed by atoms with E-state index in [0.717, 1.165) is 25.5 Å². The molecule has 0 radical (unpaired) electrons. The van der Waals surface area contributed by atoms with Crippen LogP contribution in [0, 0.1) is 5.92 Å². The summed E-state index contributed by atoms with van der Waals surface area (Å²) in [6.07, 6.45) is 3.78. The third-order valence-corrected chi connectivity index (χ3v) is 3.61. The Morgan fingerprint density at radius 1 is 1.53 bits per heavy atom. The Morgan fingerprint density at radius 2 is 2.27 bits per heavy atom. The number of carbonyl (C=O) groups excluding carboxylic acids is 2. The summed E-state index contributed by atoms with van der Waals surface area (Å²) in [5, 5.41) is 0. The van der Waals surface area contributed by atoms with E-state index in [1.54, 1.807) is 4.90 Å². The first kappa shape index (κ1) is 12.6. The van der Waals surface area contributed by atoms with Gasteiger partial charge in [0.2, 0.25) is 5.91 Å². The molecule has 86 valence electrons. The van der Waals surface area contributed by atoms with E-state index in [2.05, 4.69) is 6.92 Å². The molecule has 1 aliphatic heterocycles. The Kier molecular flexibility index (Phi) is 5.24. The van der Waals surface area contributed by atoms with Crippen LogP contribution in [0.2, 0.25) is 0 Å². The van der Waals surface area contributed by atoms with Gasteiger partial charge < -0.3 is 4.90 Å². The molecule has 0 aromatic heterocycles. The molecule has 0 spiro atoms. The first-order valence-electron chi connectivity index (χ1n) is 5.71. The second-order valence-corrected chi connectivity index (χ2v) is 5.70. The second kappa shape index (κ2) is 6.22. The molecule has 15 heavy (non-hydrogen) atoms. The highest BCUT2D eigenvalue weighted by Crippen LogP contribution is 2.23. The van der Waals surface area contributed by atoms with Crippen molar-refractivity contribution in [2.24, 2.45) is 5.92 Å². The van der Waals surface area contributed by atoms with Crippen LogP contribution in [0.5, 0.6) is 0 Å². The van der Waals surface area contributed by atoms with Gasteiger partial charge in [-0.2, -0.15) is 0 Å². The molecule has 2 unspecified atom stereocenters. The minimum atomic E-state index is 0.169. The first-order valence-corrected chi connectivity index (χ1v) is 6.92. The molecule has 4 heteroatoms. The topological polar surface area (TPSA) is 37.4 Å². The van der Waals surface area contributed by atoms with Gasteiger partial charge >= 0.3 is 0 Å². The normalized spacial score (nSPS) is 21.9. The van der Waals surface area contributed by atoms with Crippen molar-refractivity contribution in [3.8, 4) is 0 Å². The van der Waals surface area contributed by atoms with Gasteiger partial charge in [0.15, 0.2) is 5.52 Å². The van der Waals surface area contributed by atoms with E-state index in [1.807, 2.05) is 6.92 Å². The number of amides is 1. The quantitative estimate of drug-likeness (QED) is 0.652. The van der Waals surface area contributed by atoms with Crippen LogP contribution in [-0.4, -0.2) is 35.6 Å². The van der Waals surface area contributed by atoms with Crippen LogP contribution in [0.25, 0.3) is 0 Å². The van der Waals surface area contributed by atoms with Gasteiger partial charge in [0.05, 0.1) is 6.54 Å². The van der Waals surface area contributed by atoms with Gasteiger partial charge in [-0.25, -0.2) is 0 Å². The number of nitrogens with zero attached hydrogens (tertiary/aromatic N) is 1. The summed E-state index contributed by atoms with van der Waals surface area (Å²) in [4.78, 5) is 24.7. The minimum Gasteiger partial charge on any atom is -0.335 e. The number of likely N-dealkylation sites (tertiary alicyclic amines) is 1. The van der Waals surface area contributed by atoms with Gasteiger partial charge in [0.25, 0.3) is 0 Å². The largest absolute Gasteiger partial charge is 0.335 e. The molecule has 0 N–H and O–H groups in total. The smallest absolute Gasteiger partial charge is 0.223 e. The SMILES string of the molecule is CCCC1CC(=O)N(CC(=O)PCC)C1. The van der Waals surface area contributed by atoms with Gasteiger partial charge in [0, 0.05) is 13.0 Å². The lowest BCUT2D eigenvalue weighted by molar-refractivity contribution is -0.130. The fourth-order valence-electron chi connectivity index (χ4n) is 2.03. The molecule has 1 rings (SSSR count). The monoisotopic (exact) mass is 229 g/mol. The number of rotatable bonds is 6. The maximum atomic E-state index is 11.6. The Bertz CT molecular complexity index is 243. The summed E-state index contributed by atoms with van der Waals surface area (Å²) in [5.41, 5.74) is 0.225. The third-order valence-electron chi connectivity index (χ3n) is 2.70. The Morgan fingerprint density at radius 3 is 2.87 bits per heavy atom. The summed E-state index contributed by atoms with van der Waals surface area (Å²) in [5.74, 6) is 0.656. The van der Waals surface area contributed by atoms with Crippen LogP contribution in [-0.2, 0) is 9.59 Å². The summed E-state index contributed by atoms with van der Waals surface area (Å²) in [7, 11) is 0.365. The summed E-state index contributed by atoms with van der Waals surface area (Å²) < 4.78 is 0. The number of carbonyl (C=O) groups is 2. The first-order chi connectivity index (χ1) is 7.17. The van der Waals surface area contributed by atoms with E-state index in [0.29, 0.717) is 27.5 Å². The third kappa shape index (κ3) is 3.90. The zero-order valence-corrected chi connectivity index (χ0v) is 10.6. The lowest BCUT2D eigenvalue weighted by Crippen LogP contribution is -2.29. The van der Waals surface area contributed by atoms with Crippen molar-refractivity contribution in [3.63, 3.8) is 0 Å².